The Bertz CT molecular complexity index is 201. The van der Waals surface area contributed by atoms with E-state index in [1.807, 2.05) is 16.9 Å². The van der Waals surface area contributed by atoms with E-state index in [1.54, 1.807) is 0 Å². The zero-order valence-corrected chi connectivity index (χ0v) is 6.54. The van der Waals surface area contributed by atoms with Gasteiger partial charge in [-0.2, -0.15) is 5.10 Å². The molecule has 0 bridgehead atoms. The third-order valence-electron chi connectivity index (χ3n) is 1.45. The predicted octanol–water partition coefficient (Wildman–Crippen LogP) is 1.84. The standard InChI is InChI=1S/C8H13N2/c1-4-8-5-6-10(9-8)7(2)3/h5-7H,1,4H2,2-3H3. The quantitative estimate of drug-likeness (QED) is 0.608. The van der Waals surface area contributed by atoms with Crippen LogP contribution in [0.5, 0.6) is 0 Å². The summed E-state index contributed by atoms with van der Waals surface area (Å²) in [5.74, 6) is 0. The average molecular weight is 137 g/mol. The second kappa shape index (κ2) is 2.86. The van der Waals surface area contributed by atoms with Crippen molar-refractivity contribution < 1.29 is 0 Å². The molecule has 0 amide bonds. The minimum absolute atomic E-state index is 0.459. The summed E-state index contributed by atoms with van der Waals surface area (Å²) >= 11 is 0. The molecular weight excluding hydrogens is 124 g/mol. The van der Waals surface area contributed by atoms with Gasteiger partial charge in [-0.05, 0) is 33.3 Å². The van der Waals surface area contributed by atoms with Gasteiger partial charge >= 0.3 is 0 Å². The van der Waals surface area contributed by atoms with Crippen LogP contribution in [0.25, 0.3) is 0 Å². The predicted molar refractivity (Wildman–Crippen MR) is 41.7 cm³/mol. The molecule has 55 valence electrons. The number of hydrogen-bond acceptors (Lipinski definition) is 1. The maximum absolute atomic E-state index is 4.28. The Morgan fingerprint density at radius 2 is 2.40 bits per heavy atom. The Kier molecular flexibility index (Phi) is 2.10. The first-order valence-corrected chi connectivity index (χ1v) is 3.57. The van der Waals surface area contributed by atoms with Crippen molar-refractivity contribution >= 4 is 0 Å². The van der Waals surface area contributed by atoms with Gasteiger partial charge in [0.2, 0.25) is 0 Å². The minimum atomic E-state index is 0.459. The van der Waals surface area contributed by atoms with Gasteiger partial charge < -0.3 is 0 Å². The third kappa shape index (κ3) is 1.38. The molecule has 1 heterocycles. The van der Waals surface area contributed by atoms with Crippen molar-refractivity contribution in [2.75, 3.05) is 0 Å². The van der Waals surface area contributed by atoms with Gasteiger partial charge in [0.15, 0.2) is 0 Å². The van der Waals surface area contributed by atoms with Gasteiger partial charge in [-0.15, -0.1) is 0 Å². The van der Waals surface area contributed by atoms with Crippen molar-refractivity contribution in [1.82, 2.24) is 9.78 Å². The zero-order chi connectivity index (χ0) is 7.56. The highest BCUT2D eigenvalue weighted by atomic mass is 15.3. The first-order chi connectivity index (χ1) is 4.74. The van der Waals surface area contributed by atoms with Gasteiger partial charge in [0.1, 0.15) is 0 Å². The van der Waals surface area contributed by atoms with Gasteiger partial charge in [0.25, 0.3) is 0 Å². The summed E-state index contributed by atoms with van der Waals surface area (Å²) in [5, 5.41) is 4.28. The van der Waals surface area contributed by atoms with Crippen molar-refractivity contribution in [3.05, 3.63) is 24.9 Å². The smallest absolute Gasteiger partial charge is 0.0624 e. The van der Waals surface area contributed by atoms with Crippen LogP contribution in [-0.2, 0) is 6.42 Å². The van der Waals surface area contributed by atoms with E-state index in [4.69, 9.17) is 0 Å². The molecule has 0 aliphatic carbocycles. The fourth-order valence-electron chi connectivity index (χ4n) is 0.798. The second-order valence-electron chi connectivity index (χ2n) is 2.63. The molecule has 2 nitrogen and oxygen atoms in total. The van der Waals surface area contributed by atoms with Crippen LogP contribution in [0.15, 0.2) is 12.3 Å². The highest BCUT2D eigenvalue weighted by Gasteiger charge is 1.98. The van der Waals surface area contributed by atoms with Gasteiger partial charge in [0.05, 0.1) is 5.69 Å². The fraction of sp³-hybridized carbons (Fsp3) is 0.500. The van der Waals surface area contributed by atoms with E-state index in [0.29, 0.717) is 6.04 Å². The third-order valence-corrected chi connectivity index (χ3v) is 1.45. The summed E-state index contributed by atoms with van der Waals surface area (Å²) in [7, 11) is 0. The molecule has 0 N–H and O–H groups in total. The molecule has 0 unspecified atom stereocenters. The molecule has 0 aromatic carbocycles. The minimum Gasteiger partial charge on any atom is -0.270 e. The Morgan fingerprint density at radius 3 is 2.70 bits per heavy atom. The maximum Gasteiger partial charge on any atom is 0.0624 e. The highest BCUT2D eigenvalue weighted by Crippen LogP contribution is 2.03. The average Bonchev–Trinajstić information content (AvgIpc) is 2.34. The van der Waals surface area contributed by atoms with Crippen LogP contribution < -0.4 is 0 Å². The summed E-state index contributed by atoms with van der Waals surface area (Å²) in [6.45, 7) is 7.97. The Balaban J connectivity index is 2.78. The molecule has 2 heteroatoms. The first kappa shape index (κ1) is 7.32. The molecule has 1 rings (SSSR count). The molecule has 10 heavy (non-hydrogen) atoms. The van der Waals surface area contributed by atoms with Gasteiger partial charge in [-0.3, -0.25) is 4.68 Å². The summed E-state index contributed by atoms with van der Waals surface area (Å²) in [4.78, 5) is 0. The normalized spacial score (nSPS) is 10.8. The highest BCUT2D eigenvalue weighted by molar-refractivity contribution is 5.00. The molecule has 0 atom stereocenters. The number of rotatable bonds is 2. The number of nitrogens with zero attached hydrogens (tertiary/aromatic N) is 2. The lowest BCUT2D eigenvalue weighted by Gasteiger charge is -2.02. The lowest BCUT2D eigenvalue weighted by molar-refractivity contribution is 0.528. The SMILES string of the molecule is [CH2]Cc1ccn(C(C)C)n1. The number of aromatic nitrogens is 2. The fourth-order valence-corrected chi connectivity index (χ4v) is 0.798. The monoisotopic (exact) mass is 137 g/mol. The zero-order valence-electron chi connectivity index (χ0n) is 6.54. The van der Waals surface area contributed by atoms with Crippen molar-refractivity contribution in [3.8, 4) is 0 Å². The summed E-state index contributed by atoms with van der Waals surface area (Å²) in [6, 6.07) is 2.47. The molecule has 1 aromatic rings. The lowest BCUT2D eigenvalue weighted by Crippen LogP contribution is -2.01. The molecule has 0 saturated heterocycles. The Hall–Kier alpha value is -0.790. The van der Waals surface area contributed by atoms with Crippen molar-refractivity contribution in [2.24, 2.45) is 0 Å². The molecule has 0 aliphatic rings. The van der Waals surface area contributed by atoms with E-state index in [1.165, 1.54) is 0 Å². The van der Waals surface area contributed by atoms with Crippen LogP contribution in [-0.4, -0.2) is 9.78 Å². The van der Waals surface area contributed by atoms with Crippen LogP contribution in [0.3, 0.4) is 0 Å². The van der Waals surface area contributed by atoms with E-state index < -0.39 is 0 Å². The van der Waals surface area contributed by atoms with Crippen LogP contribution in [0.2, 0.25) is 0 Å². The second-order valence-corrected chi connectivity index (χ2v) is 2.63. The van der Waals surface area contributed by atoms with Crippen LogP contribution in [0.4, 0.5) is 0 Å². The van der Waals surface area contributed by atoms with Crippen LogP contribution in [0, 0.1) is 6.92 Å². The Labute approximate surface area is 61.9 Å². The van der Waals surface area contributed by atoms with E-state index >= 15 is 0 Å². The molecule has 0 saturated carbocycles. The molecule has 1 radical (unpaired) electrons. The van der Waals surface area contributed by atoms with E-state index in [0.717, 1.165) is 12.1 Å². The molecule has 1 aromatic heterocycles. The lowest BCUT2D eigenvalue weighted by atomic mass is 10.3. The van der Waals surface area contributed by atoms with E-state index in [-0.39, 0.29) is 0 Å². The van der Waals surface area contributed by atoms with Crippen LogP contribution in [0.1, 0.15) is 25.6 Å². The largest absolute Gasteiger partial charge is 0.270 e. The van der Waals surface area contributed by atoms with E-state index in [2.05, 4.69) is 25.9 Å². The summed E-state index contributed by atoms with van der Waals surface area (Å²) in [5.41, 5.74) is 1.06. The Morgan fingerprint density at radius 1 is 1.70 bits per heavy atom. The van der Waals surface area contributed by atoms with E-state index in [9.17, 15) is 0 Å². The topological polar surface area (TPSA) is 17.8 Å². The van der Waals surface area contributed by atoms with Gasteiger partial charge in [-0.25, -0.2) is 0 Å². The van der Waals surface area contributed by atoms with Crippen LogP contribution >= 0.6 is 0 Å². The number of hydrogen-bond donors (Lipinski definition) is 0. The molecular formula is C8H13N2. The molecule has 0 aliphatic heterocycles. The van der Waals surface area contributed by atoms with Gasteiger partial charge in [-0.1, -0.05) is 0 Å². The summed E-state index contributed by atoms with van der Waals surface area (Å²) < 4.78 is 1.94. The first-order valence-electron chi connectivity index (χ1n) is 3.57. The molecule has 0 fully saturated rings. The van der Waals surface area contributed by atoms with Crippen molar-refractivity contribution in [2.45, 2.75) is 26.3 Å². The molecule has 0 spiro atoms. The van der Waals surface area contributed by atoms with Crippen molar-refractivity contribution in [1.29, 1.82) is 0 Å². The van der Waals surface area contributed by atoms with Crippen molar-refractivity contribution in [3.63, 3.8) is 0 Å². The summed E-state index contributed by atoms with van der Waals surface area (Å²) in [6.07, 6.45) is 2.77. The van der Waals surface area contributed by atoms with Gasteiger partial charge in [0, 0.05) is 12.2 Å². The maximum atomic E-state index is 4.28.